The quantitative estimate of drug-likeness (QED) is 0.571. The standard InChI is InChI=1S/C17H22N4O8/c1-5-25-17-28-11-9(6-26-8(2)22)27-15(12(11)29-17)21-7-18-13-10(21)14(23)20(4)16(24)19(13)3/h7,9,11-12,15,17H,5-6H2,1-4H3/t9-,11-,12-,15-,17?/m1/s1. The summed E-state index contributed by atoms with van der Waals surface area (Å²) < 4.78 is 31.9. The molecule has 1 unspecified atom stereocenters. The van der Waals surface area contributed by atoms with Crippen LogP contribution in [0.25, 0.3) is 11.2 Å². The van der Waals surface area contributed by atoms with Crippen LogP contribution in [0.1, 0.15) is 20.1 Å². The Morgan fingerprint density at radius 3 is 2.59 bits per heavy atom. The molecule has 0 radical (unpaired) electrons. The minimum absolute atomic E-state index is 0.0433. The molecule has 2 aliphatic heterocycles. The van der Waals surface area contributed by atoms with E-state index in [2.05, 4.69) is 4.98 Å². The molecule has 0 amide bonds. The fourth-order valence-electron chi connectivity index (χ4n) is 3.64. The Morgan fingerprint density at radius 1 is 1.17 bits per heavy atom. The highest BCUT2D eigenvalue weighted by atomic mass is 16.9. The molecular weight excluding hydrogens is 388 g/mol. The molecule has 2 fully saturated rings. The number of carbonyl (C=O) groups is 1. The number of hydrogen-bond donors (Lipinski definition) is 0. The first-order valence-electron chi connectivity index (χ1n) is 9.17. The number of nitrogens with zero attached hydrogens (tertiary/aromatic N) is 4. The highest BCUT2D eigenvalue weighted by molar-refractivity contribution is 5.70. The maximum Gasteiger partial charge on any atom is 0.332 e. The van der Waals surface area contributed by atoms with Gasteiger partial charge in [0.25, 0.3) is 12.0 Å². The fraction of sp³-hybridized carbons (Fsp3) is 0.647. The summed E-state index contributed by atoms with van der Waals surface area (Å²) in [4.78, 5) is 40.4. The van der Waals surface area contributed by atoms with Crippen LogP contribution in [0, 0.1) is 0 Å². The summed E-state index contributed by atoms with van der Waals surface area (Å²) in [6, 6.07) is 0. The lowest BCUT2D eigenvalue weighted by molar-refractivity contribution is -0.266. The Kier molecular flexibility index (Phi) is 5.02. The van der Waals surface area contributed by atoms with E-state index in [1.54, 1.807) is 6.92 Å². The van der Waals surface area contributed by atoms with Gasteiger partial charge in [-0.25, -0.2) is 9.78 Å². The van der Waals surface area contributed by atoms with Crippen LogP contribution in [0.2, 0.25) is 0 Å². The van der Waals surface area contributed by atoms with Gasteiger partial charge in [-0.1, -0.05) is 0 Å². The van der Waals surface area contributed by atoms with E-state index >= 15 is 0 Å². The van der Waals surface area contributed by atoms with Crippen molar-refractivity contribution in [2.45, 2.75) is 44.9 Å². The molecule has 12 nitrogen and oxygen atoms in total. The van der Waals surface area contributed by atoms with E-state index in [1.807, 2.05) is 0 Å². The Hall–Kier alpha value is -2.54. The molecule has 2 aromatic heterocycles. The molecule has 2 aliphatic rings. The molecular formula is C17H22N4O8. The minimum Gasteiger partial charge on any atom is -0.463 e. The average molecular weight is 410 g/mol. The van der Waals surface area contributed by atoms with Crippen LogP contribution in [0.3, 0.4) is 0 Å². The maximum absolute atomic E-state index is 12.8. The SMILES string of the molecule is CCOC1O[C@@H]2[C@H](O1)[C@@H](COC(C)=O)O[C@H]2n1cnc2c1c(=O)n(C)c(=O)n2C. The van der Waals surface area contributed by atoms with Gasteiger partial charge >= 0.3 is 11.7 Å². The third-order valence-electron chi connectivity index (χ3n) is 5.02. The van der Waals surface area contributed by atoms with Crippen molar-refractivity contribution in [1.82, 2.24) is 18.7 Å². The predicted octanol–water partition coefficient (Wildman–Crippen LogP) is -1.00. The second-order valence-electron chi connectivity index (χ2n) is 6.84. The van der Waals surface area contributed by atoms with Gasteiger partial charge in [-0.05, 0) is 6.92 Å². The number of aryl methyl sites for hydroxylation is 1. The van der Waals surface area contributed by atoms with Crippen LogP contribution < -0.4 is 11.2 Å². The number of aromatic nitrogens is 4. The van der Waals surface area contributed by atoms with Gasteiger partial charge in [0.2, 0.25) is 0 Å². The average Bonchev–Trinajstić information content (AvgIpc) is 3.36. The van der Waals surface area contributed by atoms with Crippen molar-refractivity contribution in [1.29, 1.82) is 0 Å². The monoisotopic (exact) mass is 410 g/mol. The van der Waals surface area contributed by atoms with Crippen molar-refractivity contribution in [3.05, 3.63) is 27.2 Å². The highest BCUT2D eigenvalue weighted by Gasteiger charge is 2.54. The summed E-state index contributed by atoms with van der Waals surface area (Å²) in [5, 5.41) is 0. The van der Waals surface area contributed by atoms with E-state index < -0.39 is 48.2 Å². The predicted molar refractivity (Wildman–Crippen MR) is 95.9 cm³/mol. The van der Waals surface area contributed by atoms with E-state index in [1.165, 1.54) is 36.5 Å². The van der Waals surface area contributed by atoms with E-state index in [0.717, 1.165) is 4.57 Å². The number of esters is 1. The first-order chi connectivity index (χ1) is 13.8. The molecule has 2 saturated heterocycles. The van der Waals surface area contributed by atoms with Crippen LogP contribution in [0.5, 0.6) is 0 Å². The molecule has 0 saturated carbocycles. The zero-order chi connectivity index (χ0) is 20.9. The summed E-state index contributed by atoms with van der Waals surface area (Å²) in [6.45, 7) is 2.54. The Morgan fingerprint density at radius 2 is 1.90 bits per heavy atom. The largest absolute Gasteiger partial charge is 0.463 e. The highest BCUT2D eigenvalue weighted by Crippen LogP contribution is 2.40. The van der Waals surface area contributed by atoms with Gasteiger partial charge in [0, 0.05) is 27.6 Å². The van der Waals surface area contributed by atoms with Crippen LogP contribution >= 0.6 is 0 Å². The molecule has 29 heavy (non-hydrogen) atoms. The number of ether oxygens (including phenoxy) is 5. The van der Waals surface area contributed by atoms with E-state index in [9.17, 15) is 14.4 Å². The van der Waals surface area contributed by atoms with Crippen LogP contribution in [-0.4, -0.2) is 62.7 Å². The Balaban J connectivity index is 1.75. The van der Waals surface area contributed by atoms with E-state index in [4.69, 9.17) is 23.7 Å². The molecule has 0 N–H and O–H groups in total. The van der Waals surface area contributed by atoms with Gasteiger partial charge in [0.15, 0.2) is 17.4 Å². The molecule has 12 heteroatoms. The van der Waals surface area contributed by atoms with Gasteiger partial charge in [0.1, 0.15) is 24.9 Å². The smallest absolute Gasteiger partial charge is 0.332 e. The third kappa shape index (κ3) is 3.17. The third-order valence-corrected chi connectivity index (χ3v) is 5.02. The lowest BCUT2D eigenvalue weighted by Gasteiger charge is -2.21. The zero-order valence-electron chi connectivity index (χ0n) is 16.4. The summed E-state index contributed by atoms with van der Waals surface area (Å²) in [6.07, 6.45) is -1.22. The molecule has 0 aliphatic carbocycles. The second kappa shape index (κ2) is 7.37. The molecule has 2 aromatic rings. The summed E-state index contributed by atoms with van der Waals surface area (Å²) in [5.74, 6) is -0.453. The number of carbonyl (C=O) groups excluding carboxylic acids is 1. The lowest BCUT2D eigenvalue weighted by Crippen LogP contribution is -2.38. The number of imidazole rings is 1. The van der Waals surface area contributed by atoms with Crippen molar-refractivity contribution < 1.29 is 28.5 Å². The van der Waals surface area contributed by atoms with Crippen molar-refractivity contribution in [3.63, 3.8) is 0 Å². The van der Waals surface area contributed by atoms with E-state index in [0.29, 0.717) is 6.61 Å². The van der Waals surface area contributed by atoms with Gasteiger partial charge in [-0.2, -0.15) is 0 Å². The van der Waals surface area contributed by atoms with Crippen molar-refractivity contribution in [2.75, 3.05) is 13.2 Å². The van der Waals surface area contributed by atoms with Gasteiger partial charge in [0.05, 0.1) is 6.33 Å². The topological polar surface area (TPSA) is 125 Å². The Bertz CT molecular complexity index is 1060. The fourth-order valence-corrected chi connectivity index (χ4v) is 3.64. The van der Waals surface area contributed by atoms with Crippen molar-refractivity contribution >= 4 is 17.1 Å². The molecule has 4 rings (SSSR count). The van der Waals surface area contributed by atoms with Crippen LogP contribution in [0.15, 0.2) is 15.9 Å². The van der Waals surface area contributed by atoms with Crippen molar-refractivity contribution in [3.8, 4) is 0 Å². The molecule has 5 atom stereocenters. The van der Waals surface area contributed by atoms with Crippen LogP contribution in [-0.2, 0) is 42.6 Å². The lowest BCUT2D eigenvalue weighted by atomic mass is 10.1. The summed E-state index contributed by atoms with van der Waals surface area (Å²) in [5.41, 5.74) is -0.580. The van der Waals surface area contributed by atoms with E-state index in [-0.39, 0.29) is 17.8 Å². The maximum atomic E-state index is 12.8. The minimum atomic E-state index is -0.900. The van der Waals surface area contributed by atoms with Gasteiger partial charge in [-0.15, -0.1) is 0 Å². The zero-order valence-corrected chi connectivity index (χ0v) is 16.4. The molecule has 0 aromatic carbocycles. The first kappa shape index (κ1) is 19.8. The van der Waals surface area contributed by atoms with Crippen LogP contribution in [0.4, 0.5) is 0 Å². The molecule has 158 valence electrons. The Labute approximate surface area is 164 Å². The van der Waals surface area contributed by atoms with Gasteiger partial charge < -0.3 is 23.7 Å². The number of hydrogen-bond acceptors (Lipinski definition) is 9. The summed E-state index contributed by atoms with van der Waals surface area (Å²) in [7, 11) is 2.92. The number of fused-ring (bicyclic) bond motifs is 2. The summed E-state index contributed by atoms with van der Waals surface area (Å²) >= 11 is 0. The molecule has 0 spiro atoms. The number of rotatable bonds is 5. The first-order valence-corrected chi connectivity index (χ1v) is 9.17. The normalized spacial score (nSPS) is 28.8. The molecule has 0 bridgehead atoms. The van der Waals surface area contributed by atoms with Gasteiger partial charge in [-0.3, -0.25) is 23.3 Å². The van der Waals surface area contributed by atoms with Crippen molar-refractivity contribution in [2.24, 2.45) is 14.1 Å². The molecule has 4 heterocycles. The second-order valence-corrected chi connectivity index (χ2v) is 6.84.